The predicted octanol–water partition coefficient (Wildman–Crippen LogP) is 4.44. The highest BCUT2D eigenvalue weighted by Crippen LogP contribution is 2.28. The highest BCUT2D eigenvalue weighted by atomic mass is 35.5. The van der Waals surface area contributed by atoms with E-state index in [-0.39, 0.29) is 11.7 Å². The van der Waals surface area contributed by atoms with Gasteiger partial charge in [-0.25, -0.2) is 0 Å². The molecule has 4 rings (SSSR count). The first-order chi connectivity index (χ1) is 16.1. The second-order valence-electron chi connectivity index (χ2n) is 7.09. The molecular formula is C24H22ClN5O2S. The lowest BCUT2D eigenvalue weighted by Crippen LogP contribution is -2.27. The standard InChI is InChI=1S/C24H22ClN5O2S/c1-32-21-8-2-17(3-9-21)10-15-27-22(31)16-33-24-29-28-23(18-11-13-26-14-12-18)30(24)20-6-4-19(25)5-7-20/h2-9,11-14H,10,15-16H2,1H3,(H,27,31). The molecule has 0 fully saturated rings. The fourth-order valence-electron chi connectivity index (χ4n) is 3.19. The molecule has 0 aliphatic rings. The van der Waals surface area contributed by atoms with Crippen LogP contribution in [-0.4, -0.2) is 45.1 Å². The minimum atomic E-state index is -0.0652. The van der Waals surface area contributed by atoms with E-state index in [2.05, 4.69) is 20.5 Å². The molecule has 0 bridgehead atoms. The van der Waals surface area contributed by atoms with E-state index in [4.69, 9.17) is 16.3 Å². The molecule has 9 heteroatoms. The van der Waals surface area contributed by atoms with Crippen molar-refractivity contribution in [2.75, 3.05) is 19.4 Å². The number of nitrogens with zero attached hydrogens (tertiary/aromatic N) is 4. The number of ether oxygens (including phenoxy) is 1. The third-order valence-corrected chi connectivity index (χ3v) is 6.06. The average Bonchev–Trinajstić information content (AvgIpc) is 3.28. The van der Waals surface area contributed by atoms with Crippen molar-refractivity contribution >= 4 is 29.3 Å². The van der Waals surface area contributed by atoms with Crippen LogP contribution >= 0.6 is 23.4 Å². The third-order valence-electron chi connectivity index (χ3n) is 4.88. The Balaban J connectivity index is 1.42. The number of rotatable bonds is 9. The molecule has 4 aromatic rings. The van der Waals surface area contributed by atoms with Gasteiger partial charge in [-0.1, -0.05) is 35.5 Å². The van der Waals surface area contributed by atoms with Gasteiger partial charge < -0.3 is 10.1 Å². The van der Waals surface area contributed by atoms with Gasteiger partial charge in [-0.2, -0.15) is 0 Å². The molecule has 33 heavy (non-hydrogen) atoms. The van der Waals surface area contributed by atoms with Gasteiger partial charge in [-0.05, 0) is 60.5 Å². The van der Waals surface area contributed by atoms with Crippen molar-refractivity contribution in [1.29, 1.82) is 0 Å². The Labute approximate surface area is 201 Å². The number of halogens is 1. The highest BCUT2D eigenvalue weighted by molar-refractivity contribution is 7.99. The number of hydrogen-bond donors (Lipinski definition) is 1. The van der Waals surface area contributed by atoms with Crippen LogP contribution in [0.3, 0.4) is 0 Å². The Morgan fingerprint density at radius 3 is 2.45 bits per heavy atom. The Hall–Kier alpha value is -3.36. The van der Waals surface area contributed by atoms with E-state index >= 15 is 0 Å². The average molecular weight is 480 g/mol. The van der Waals surface area contributed by atoms with Gasteiger partial charge in [-0.15, -0.1) is 10.2 Å². The third kappa shape index (κ3) is 5.91. The molecule has 0 aliphatic carbocycles. The van der Waals surface area contributed by atoms with Crippen LogP contribution in [0.5, 0.6) is 5.75 Å². The molecule has 2 aromatic heterocycles. The number of carbonyl (C=O) groups excluding carboxylic acids is 1. The summed E-state index contributed by atoms with van der Waals surface area (Å²) >= 11 is 7.40. The SMILES string of the molecule is COc1ccc(CCNC(=O)CSc2nnc(-c3ccncc3)n2-c2ccc(Cl)cc2)cc1. The number of aromatic nitrogens is 4. The number of pyridine rings is 1. The van der Waals surface area contributed by atoms with Crippen LogP contribution in [-0.2, 0) is 11.2 Å². The van der Waals surface area contributed by atoms with Gasteiger partial charge in [0, 0.05) is 35.2 Å². The number of amides is 1. The molecule has 2 heterocycles. The minimum Gasteiger partial charge on any atom is -0.497 e. The van der Waals surface area contributed by atoms with Crippen LogP contribution in [0, 0.1) is 0 Å². The zero-order valence-corrected chi connectivity index (χ0v) is 19.5. The molecule has 7 nitrogen and oxygen atoms in total. The van der Waals surface area contributed by atoms with Gasteiger partial charge in [0.05, 0.1) is 12.9 Å². The molecule has 0 spiro atoms. The Morgan fingerprint density at radius 1 is 1.03 bits per heavy atom. The van der Waals surface area contributed by atoms with Crippen LogP contribution in [0.1, 0.15) is 5.56 Å². The summed E-state index contributed by atoms with van der Waals surface area (Å²) in [4.78, 5) is 16.5. The zero-order valence-electron chi connectivity index (χ0n) is 17.9. The van der Waals surface area contributed by atoms with Crippen molar-refractivity contribution in [2.45, 2.75) is 11.6 Å². The van der Waals surface area contributed by atoms with Crippen molar-refractivity contribution in [1.82, 2.24) is 25.1 Å². The Kier molecular flexibility index (Phi) is 7.59. The molecule has 0 aliphatic heterocycles. The zero-order chi connectivity index (χ0) is 23.0. The van der Waals surface area contributed by atoms with Crippen LogP contribution < -0.4 is 10.1 Å². The first-order valence-corrected chi connectivity index (χ1v) is 11.6. The summed E-state index contributed by atoms with van der Waals surface area (Å²) in [7, 11) is 1.64. The number of hydrogen-bond acceptors (Lipinski definition) is 6. The molecule has 0 saturated carbocycles. The number of carbonyl (C=O) groups is 1. The number of thioether (sulfide) groups is 1. The smallest absolute Gasteiger partial charge is 0.230 e. The van der Waals surface area contributed by atoms with Crippen molar-refractivity contribution in [3.05, 3.63) is 83.6 Å². The summed E-state index contributed by atoms with van der Waals surface area (Å²) in [6, 6.07) is 19.0. The lowest BCUT2D eigenvalue weighted by atomic mass is 10.1. The first-order valence-electron chi connectivity index (χ1n) is 10.3. The maximum atomic E-state index is 12.4. The van der Waals surface area contributed by atoms with Gasteiger partial charge in [0.2, 0.25) is 5.91 Å². The lowest BCUT2D eigenvalue weighted by molar-refractivity contribution is -0.118. The van der Waals surface area contributed by atoms with Gasteiger partial charge >= 0.3 is 0 Å². The molecule has 0 atom stereocenters. The summed E-state index contributed by atoms with van der Waals surface area (Å²) in [6.07, 6.45) is 4.16. The Bertz CT molecular complexity index is 1200. The first kappa shape index (κ1) is 22.8. The maximum absolute atomic E-state index is 12.4. The van der Waals surface area contributed by atoms with Crippen molar-refractivity contribution in [3.8, 4) is 22.8 Å². The van der Waals surface area contributed by atoms with E-state index in [0.29, 0.717) is 22.5 Å². The summed E-state index contributed by atoms with van der Waals surface area (Å²) in [5.41, 5.74) is 2.87. The molecule has 2 aromatic carbocycles. The van der Waals surface area contributed by atoms with Crippen molar-refractivity contribution in [3.63, 3.8) is 0 Å². The van der Waals surface area contributed by atoms with E-state index in [0.717, 1.165) is 29.0 Å². The molecule has 0 radical (unpaired) electrons. The quantitative estimate of drug-likeness (QED) is 0.357. The van der Waals surface area contributed by atoms with Crippen LogP contribution in [0.4, 0.5) is 0 Å². The van der Waals surface area contributed by atoms with E-state index in [1.165, 1.54) is 11.8 Å². The molecule has 168 valence electrons. The van der Waals surface area contributed by atoms with Crippen LogP contribution in [0.25, 0.3) is 17.1 Å². The number of methoxy groups -OCH3 is 1. The van der Waals surface area contributed by atoms with Gasteiger partial charge in [-0.3, -0.25) is 14.3 Å². The van der Waals surface area contributed by atoms with E-state index in [1.807, 2.05) is 65.2 Å². The molecule has 1 N–H and O–H groups in total. The second-order valence-corrected chi connectivity index (χ2v) is 8.47. The monoisotopic (exact) mass is 479 g/mol. The number of benzene rings is 2. The summed E-state index contributed by atoms with van der Waals surface area (Å²) in [5, 5.41) is 12.9. The topological polar surface area (TPSA) is 81.9 Å². The molecule has 0 unspecified atom stereocenters. The summed E-state index contributed by atoms with van der Waals surface area (Å²) in [6.45, 7) is 0.553. The molecular weight excluding hydrogens is 458 g/mol. The Morgan fingerprint density at radius 2 is 1.76 bits per heavy atom. The van der Waals surface area contributed by atoms with Gasteiger partial charge in [0.15, 0.2) is 11.0 Å². The predicted molar refractivity (Wildman–Crippen MR) is 130 cm³/mol. The number of nitrogens with one attached hydrogen (secondary N) is 1. The normalized spacial score (nSPS) is 10.7. The second kappa shape index (κ2) is 11.0. The lowest BCUT2D eigenvalue weighted by Gasteiger charge is -2.11. The summed E-state index contributed by atoms with van der Waals surface area (Å²) in [5.74, 6) is 1.65. The summed E-state index contributed by atoms with van der Waals surface area (Å²) < 4.78 is 7.09. The molecule has 1 amide bonds. The fourth-order valence-corrected chi connectivity index (χ4v) is 4.10. The maximum Gasteiger partial charge on any atom is 0.230 e. The largest absolute Gasteiger partial charge is 0.497 e. The van der Waals surface area contributed by atoms with E-state index in [1.54, 1.807) is 19.5 Å². The van der Waals surface area contributed by atoms with Crippen LogP contribution in [0.2, 0.25) is 5.02 Å². The van der Waals surface area contributed by atoms with E-state index in [9.17, 15) is 4.79 Å². The van der Waals surface area contributed by atoms with Crippen molar-refractivity contribution in [2.24, 2.45) is 0 Å². The fraction of sp³-hybridized carbons (Fsp3) is 0.167. The molecule has 0 saturated heterocycles. The minimum absolute atomic E-state index is 0.0652. The van der Waals surface area contributed by atoms with Gasteiger partial charge in [0.1, 0.15) is 5.75 Å². The van der Waals surface area contributed by atoms with Crippen molar-refractivity contribution < 1.29 is 9.53 Å². The van der Waals surface area contributed by atoms with Crippen LogP contribution in [0.15, 0.2) is 78.2 Å². The van der Waals surface area contributed by atoms with E-state index < -0.39 is 0 Å². The highest BCUT2D eigenvalue weighted by Gasteiger charge is 2.17. The van der Waals surface area contributed by atoms with Gasteiger partial charge in [0.25, 0.3) is 0 Å².